The van der Waals surface area contributed by atoms with Crippen molar-refractivity contribution >= 4 is 5.97 Å². The number of carbonyl (C=O) groups excluding carboxylic acids is 1. The molecular formula is C45H78O4. The van der Waals surface area contributed by atoms with E-state index < -0.39 is 17.8 Å². The van der Waals surface area contributed by atoms with E-state index in [1.54, 1.807) is 5.57 Å². The van der Waals surface area contributed by atoms with Crippen LogP contribution in [0, 0.1) is 23.2 Å². The third-order valence-corrected chi connectivity index (χ3v) is 12.7. The number of carbonyl (C=O) groups is 1. The molecule has 0 amide bonds. The molecule has 4 heteroatoms. The molecule has 3 saturated carbocycles. The summed E-state index contributed by atoms with van der Waals surface area (Å²) in [5.41, 5.74) is 3.23. The van der Waals surface area contributed by atoms with Crippen LogP contribution in [0.2, 0.25) is 0 Å². The van der Waals surface area contributed by atoms with Crippen LogP contribution in [-0.2, 0) is 9.53 Å². The van der Waals surface area contributed by atoms with Gasteiger partial charge in [-0.3, -0.25) is 4.79 Å². The quantitative estimate of drug-likeness (QED) is 0.0831. The Kier molecular flexibility index (Phi) is 18.7. The second-order valence-corrected chi connectivity index (χ2v) is 17.5. The number of hydrogen-bond donors (Lipinski definition) is 2. The highest BCUT2D eigenvalue weighted by Crippen LogP contribution is 2.60. The van der Waals surface area contributed by atoms with Gasteiger partial charge in [-0.05, 0) is 99.5 Å². The lowest BCUT2D eigenvalue weighted by molar-refractivity contribution is -0.149. The molecule has 3 aliphatic rings. The SMILES string of the molecule is C=C1/C(=C\C=C2/CCCC3(C)C2CCC3[C@@H](C)CCCC(C)(C)O)C[C@H](O)C[C@@H]1OC(=O)CCCCCCCCCCCCCCCCC. The fourth-order valence-corrected chi connectivity index (χ4v) is 9.70. The average molecular weight is 683 g/mol. The predicted octanol–water partition coefficient (Wildman–Crippen LogP) is 12.5. The number of aliphatic hydroxyl groups is 2. The smallest absolute Gasteiger partial charge is 0.306 e. The molecule has 0 radical (unpaired) electrons. The molecule has 0 heterocycles. The Morgan fingerprint density at radius 2 is 1.53 bits per heavy atom. The van der Waals surface area contributed by atoms with E-state index >= 15 is 0 Å². The number of rotatable bonds is 23. The molecule has 0 bridgehead atoms. The van der Waals surface area contributed by atoms with Gasteiger partial charge < -0.3 is 14.9 Å². The lowest BCUT2D eigenvalue weighted by atomic mass is 9.60. The van der Waals surface area contributed by atoms with Gasteiger partial charge in [-0.1, -0.05) is 148 Å². The van der Waals surface area contributed by atoms with Crippen molar-refractivity contribution in [3.8, 4) is 0 Å². The summed E-state index contributed by atoms with van der Waals surface area (Å²) in [5, 5.41) is 20.9. The second kappa shape index (κ2) is 21.9. The number of hydrogen-bond acceptors (Lipinski definition) is 4. The van der Waals surface area contributed by atoms with E-state index in [-0.39, 0.29) is 5.97 Å². The average Bonchev–Trinajstić information content (AvgIpc) is 3.40. The van der Waals surface area contributed by atoms with E-state index in [2.05, 4.69) is 39.5 Å². The summed E-state index contributed by atoms with van der Waals surface area (Å²) in [7, 11) is 0. The maximum Gasteiger partial charge on any atom is 0.306 e. The van der Waals surface area contributed by atoms with Gasteiger partial charge in [0, 0.05) is 12.8 Å². The summed E-state index contributed by atoms with van der Waals surface area (Å²) in [4.78, 5) is 12.8. The van der Waals surface area contributed by atoms with Crippen LogP contribution in [0.1, 0.15) is 202 Å². The van der Waals surface area contributed by atoms with Crippen LogP contribution < -0.4 is 0 Å². The molecule has 282 valence electrons. The van der Waals surface area contributed by atoms with Gasteiger partial charge in [0.1, 0.15) is 6.10 Å². The molecule has 0 spiro atoms. The zero-order chi connectivity index (χ0) is 35.7. The topological polar surface area (TPSA) is 66.8 Å². The minimum atomic E-state index is -0.574. The number of aliphatic hydroxyl groups excluding tert-OH is 1. The van der Waals surface area contributed by atoms with Crippen molar-refractivity contribution in [2.75, 3.05) is 0 Å². The minimum Gasteiger partial charge on any atom is -0.457 e. The predicted molar refractivity (Wildman–Crippen MR) is 207 cm³/mol. The largest absolute Gasteiger partial charge is 0.457 e. The maximum atomic E-state index is 12.8. The molecule has 3 rings (SSSR count). The van der Waals surface area contributed by atoms with Crippen LogP contribution in [0.15, 0.2) is 35.5 Å². The Hall–Kier alpha value is -1.39. The molecular weight excluding hydrogens is 604 g/mol. The third-order valence-electron chi connectivity index (χ3n) is 12.7. The highest BCUT2D eigenvalue weighted by Gasteiger charge is 2.50. The molecule has 3 unspecified atom stereocenters. The Morgan fingerprint density at radius 3 is 2.12 bits per heavy atom. The van der Waals surface area contributed by atoms with Crippen molar-refractivity contribution in [1.82, 2.24) is 0 Å². The lowest BCUT2D eigenvalue weighted by Crippen LogP contribution is -2.36. The molecule has 0 aliphatic heterocycles. The van der Waals surface area contributed by atoms with E-state index in [1.807, 2.05) is 13.8 Å². The Labute approximate surface area is 303 Å². The molecule has 2 N–H and O–H groups in total. The zero-order valence-corrected chi connectivity index (χ0v) is 32.8. The van der Waals surface area contributed by atoms with E-state index in [0.29, 0.717) is 36.5 Å². The Balaban J connectivity index is 1.37. The minimum absolute atomic E-state index is 0.149. The zero-order valence-electron chi connectivity index (χ0n) is 32.8. The van der Waals surface area contributed by atoms with Gasteiger partial charge in [0.25, 0.3) is 0 Å². The maximum absolute atomic E-state index is 12.8. The highest BCUT2D eigenvalue weighted by atomic mass is 16.5. The van der Waals surface area contributed by atoms with E-state index in [9.17, 15) is 15.0 Å². The number of esters is 1. The number of allylic oxidation sites excluding steroid dienone is 3. The summed E-state index contributed by atoms with van der Waals surface area (Å²) < 4.78 is 5.92. The van der Waals surface area contributed by atoms with Gasteiger partial charge in [0.05, 0.1) is 11.7 Å². The summed E-state index contributed by atoms with van der Waals surface area (Å²) in [6.07, 6.45) is 34.1. The third kappa shape index (κ3) is 14.6. The van der Waals surface area contributed by atoms with Crippen LogP contribution in [0.4, 0.5) is 0 Å². The molecule has 3 aliphatic carbocycles. The molecule has 4 nitrogen and oxygen atoms in total. The second-order valence-electron chi connectivity index (χ2n) is 17.5. The van der Waals surface area contributed by atoms with Crippen LogP contribution in [0.25, 0.3) is 0 Å². The summed E-state index contributed by atoms with van der Waals surface area (Å²) in [6, 6.07) is 0. The first-order valence-corrected chi connectivity index (χ1v) is 21.1. The highest BCUT2D eigenvalue weighted by molar-refractivity contribution is 5.70. The van der Waals surface area contributed by atoms with Crippen molar-refractivity contribution in [2.24, 2.45) is 23.2 Å². The fourth-order valence-electron chi connectivity index (χ4n) is 9.70. The van der Waals surface area contributed by atoms with Crippen LogP contribution >= 0.6 is 0 Å². The molecule has 0 aromatic heterocycles. The van der Waals surface area contributed by atoms with Crippen LogP contribution in [0.5, 0.6) is 0 Å². The van der Waals surface area contributed by atoms with Crippen LogP contribution in [0.3, 0.4) is 0 Å². The van der Waals surface area contributed by atoms with Gasteiger partial charge in [0.15, 0.2) is 0 Å². The fraction of sp³-hybridized carbons (Fsp3) is 0.844. The van der Waals surface area contributed by atoms with Gasteiger partial charge in [0.2, 0.25) is 0 Å². The van der Waals surface area contributed by atoms with Crippen LogP contribution in [-0.4, -0.2) is 34.0 Å². The summed E-state index contributed by atoms with van der Waals surface area (Å²) in [5.74, 6) is 1.87. The normalized spacial score (nSPS) is 28.3. The first-order chi connectivity index (χ1) is 23.4. The first kappa shape index (κ1) is 42.0. The van der Waals surface area contributed by atoms with Gasteiger partial charge in [-0.15, -0.1) is 0 Å². The number of unbranched alkanes of at least 4 members (excludes halogenated alkanes) is 14. The molecule has 3 fully saturated rings. The van der Waals surface area contributed by atoms with E-state index in [0.717, 1.165) is 49.2 Å². The van der Waals surface area contributed by atoms with Gasteiger partial charge in [-0.2, -0.15) is 0 Å². The van der Waals surface area contributed by atoms with Crippen molar-refractivity contribution < 1.29 is 19.7 Å². The lowest BCUT2D eigenvalue weighted by Gasteiger charge is -2.44. The van der Waals surface area contributed by atoms with Gasteiger partial charge in [-0.25, -0.2) is 0 Å². The van der Waals surface area contributed by atoms with Crippen molar-refractivity contribution in [1.29, 1.82) is 0 Å². The molecule has 6 atom stereocenters. The molecule has 49 heavy (non-hydrogen) atoms. The first-order valence-electron chi connectivity index (χ1n) is 21.1. The van der Waals surface area contributed by atoms with E-state index in [4.69, 9.17) is 4.74 Å². The monoisotopic (exact) mass is 683 g/mol. The van der Waals surface area contributed by atoms with Gasteiger partial charge >= 0.3 is 5.97 Å². The number of ether oxygens (including phenoxy) is 1. The van der Waals surface area contributed by atoms with E-state index in [1.165, 1.54) is 116 Å². The molecule has 0 saturated heterocycles. The molecule has 0 aromatic rings. The summed E-state index contributed by atoms with van der Waals surface area (Å²) >= 11 is 0. The van der Waals surface area contributed by atoms with Crippen molar-refractivity contribution in [3.63, 3.8) is 0 Å². The number of fused-ring (bicyclic) bond motifs is 1. The summed E-state index contributed by atoms with van der Waals surface area (Å²) in [6.45, 7) is 15.5. The standard InChI is InChI=1S/C45H78O4/c1-7-8-9-10-11-12-13-14-15-16-17-18-19-20-21-26-43(47)49-42-34-39(46)33-38(36(42)3)28-27-37-25-23-32-45(6)40(29-30-41(37)45)35(2)24-22-31-44(4,5)48/h27-28,35,39-42,46,48H,3,7-26,29-34H2,1-2,4-6H3/b37-27+,38-28-/t35-,39-,40?,41?,42-,45?/m0/s1. The Morgan fingerprint density at radius 1 is 0.939 bits per heavy atom. The molecule has 0 aromatic carbocycles. The van der Waals surface area contributed by atoms with Crippen molar-refractivity contribution in [2.45, 2.75) is 219 Å². The van der Waals surface area contributed by atoms with Crippen molar-refractivity contribution in [3.05, 3.63) is 35.5 Å². The Bertz CT molecular complexity index is 1030.